The Morgan fingerprint density at radius 3 is 2.77 bits per heavy atom. The summed E-state index contributed by atoms with van der Waals surface area (Å²) in [7, 11) is 0. The van der Waals surface area contributed by atoms with Gasteiger partial charge in [-0.2, -0.15) is 0 Å². The first-order valence-electron chi connectivity index (χ1n) is 4.12. The average Bonchev–Trinajstić information content (AvgIpc) is 2.76. The zero-order valence-corrected chi connectivity index (χ0v) is 7.19. The molecule has 0 aromatic carbocycles. The molecule has 0 N–H and O–H groups in total. The van der Waals surface area contributed by atoms with E-state index in [2.05, 4.69) is 6.58 Å². The highest BCUT2D eigenvalue weighted by molar-refractivity contribution is 5.39. The molecule has 2 heteroatoms. The van der Waals surface area contributed by atoms with Gasteiger partial charge in [-0.15, -0.1) is 0 Å². The summed E-state index contributed by atoms with van der Waals surface area (Å²) >= 11 is 0. The van der Waals surface area contributed by atoms with Gasteiger partial charge >= 0.3 is 0 Å². The maximum Gasteiger partial charge on any atom is 0.126 e. The van der Waals surface area contributed by atoms with E-state index in [9.17, 15) is 0 Å². The minimum Gasteiger partial charge on any atom is -0.469 e. The van der Waals surface area contributed by atoms with E-state index in [0.29, 0.717) is 6.42 Å². The molecule has 0 aliphatic carbocycles. The van der Waals surface area contributed by atoms with Gasteiger partial charge in [0.2, 0.25) is 0 Å². The number of hydrogen-bond acceptors (Lipinski definition) is 2. The summed E-state index contributed by atoms with van der Waals surface area (Å²) in [5.74, 6) is 2.59. The van der Waals surface area contributed by atoms with Crippen LogP contribution >= 0.6 is 0 Å². The molecule has 2 rings (SSSR count). The molecule has 0 saturated heterocycles. The van der Waals surface area contributed by atoms with Crippen molar-refractivity contribution in [3.05, 3.63) is 54.4 Å². The highest BCUT2D eigenvalue weighted by atomic mass is 16.3. The molecular formula is C11H10O2. The number of furan rings is 2. The fraction of sp³-hybridized carbons (Fsp3) is 0.0909. The second-order valence-electron chi connectivity index (χ2n) is 2.76. The fourth-order valence-electron chi connectivity index (χ4n) is 1.18. The molecule has 0 atom stereocenters. The molecule has 66 valence electrons. The Morgan fingerprint density at radius 1 is 1.23 bits per heavy atom. The normalized spacial score (nSPS) is 10.2. The Morgan fingerprint density at radius 2 is 2.15 bits per heavy atom. The first-order chi connectivity index (χ1) is 6.38. The highest BCUT2D eigenvalue weighted by Gasteiger charge is 2.02. The number of rotatable bonds is 3. The van der Waals surface area contributed by atoms with Gasteiger partial charge in [0.1, 0.15) is 17.3 Å². The first-order valence-corrected chi connectivity index (χ1v) is 4.12. The summed E-state index contributed by atoms with van der Waals surface area (Å²) in [6.07, 6.45) is 4.04. The van der Waals surface area contributed by atoms with Crippen LogP contribution < -0.4 is 0 Å². The van der Waals surface area contributed by atoms with E-state index in [0.717, 1.165) is 17.3 Å². The van der Waals surface area contributed by atoms with E-state index >= 15 is 0 Å². The topological polar surface area (TPSA) is 26.3 Å². The predicted molar refractivity (Wildman–Crippen MR) is 50.3 cm³/mol. The van der Waals surface area contributed by atoms with Crippen molar-refractivity contribution in [3.8, 4) is 0 Å². The van der Waals surface area contributed by atoms with Crippen molar-refractivity contribution in [3.63, 3.8) is 0 Å². The minimum absolute atomic E-state index is 0.695. The third-order valence-corrected chi connectivity index (χ3v) is 1.81. The summed E-state index contributed by atoms with van der Waals surface area (Å²) < 4.78 is 10.6. The molecule has 0 unspecified atom stereocenters. The van der Waals surface area contributed by atoms with Crippen molar-refractivity contribution < 1.29 is 8.83 Å². The van der Waals surface area contributed by atoms with Crippen LogP contribution in [0.25, 0.3) is 6.08 Å². The molecule has 0 aliphatic rings. The summed E-state index contributed by atoms with van der Waals surface area (Å²) in [5, 5.41) is 0. The molecule has 2 aromatic rings. The SMILES string of the molecule is C=Cc1ccc(Cc2ccco2)o1. The lowest BCUT2D eigenvalue weighted by Gasteiger charge is -1.91. The molecule has 0 amide bonds. The highest BCUT2D eigenvalue weighted by Crippen LogP contribution is 2.13. The van der Waals surface area contributed by atoms with Crippen LogP contribution in [0.1, 0.15) is 17.3 Å². The molecule has 0 fully saturated rings. The van der Waals surface area contributed by atoms with Gasteiger partial charge < -0.3 is 8.83 Å². The molecule has 2 heterocycles. The van der Waals surface area contributed by atoms with Crippen LogP contribution in [0, 0.1) is 0 Å². The van der Waals surface area contributed by atoms with Crippen molar-refractivity contribution in [2.75, 3.05) is 0 Å². The van der Waals surface area contributed by atoms with E-state index in [4.69, 9.17) is 8.83 Å². The third-order valence-electron chi connectivity index (χ3n) is 1.81. The summed E-state index contributed by atoms with van der Waals surface area (Å²) in [4.78, 5) is 0. The Kier molecular flexibility index (Phi) is 2.04. The van der Waals surface area contributed by atoms with Crippen LogP contribution in [0.2, 0.25) is 0 Å². The van der Waals surface area contributed by atoms with Crippen molar-refractivity contribution in [1.29, 1.82) is 0 Å². The van der Waals surface area contributed by atoms with Crippen molar-refractivity contribution in [1.82, 2.24) is 0 Å². The molecule has 0 radical (unpaired) electrons. The predicted octanol–water partition coefficient (Wildman–Crippen LogP) is 3.11. The van der Waals surface area contributed by atoms with Crippen LogP contribution in [0.4, 0.5) is 0 Å². The maximum atomic E-state index is 5.43. The van der Waals surface area contributed by atoms with E-state index in [1.807, 2.05) is 24.3 Å². The molecule has 0 spiro atoms. The summed E-state index contributed by atoms with van der Waals surface area (Å²) in [5.41, 5.74) is 0. The van der Waals surface area contributed by atoms with Gasteiger partial charge in [-0.25, -0.2) is 0 Å². The molecule has 0 saturated carbocycles. The third kappa shape index (κ3) is 1.72. The molecule has 2 aromatic heterocycles. The quantitative estimate of drug-likeness (QED) is 0.714. The molecule has 0 bridgehead atoms. The van der Waals surface area contributed by atoms with Gasteiger partial charge in [-0.3, -0.25) is 0 Å². The Balaban J connectivity index is 2.14. The van der Waals surface area contributed by atoms with E-state index in [1.165, 1.54) is 0 Å². The number of hydrogen-bond donors (Lipinski definition) is 0. The molecular weight excluding hydrogens is 164 g/mol. The van der Waals surface area contributed by atoms with E-state index in [-0.39, 0.29) is 0 Å². The minimum atomic E-state index is 0.695. The maximum absolute atomic E-state index is 5.43. The summed E-state index contributed by atoms with van der Waals surface area (Å²) in [6, 6.07) is 7.62. The van der Waals surface area contributed by atoms with Gasteiger partial charge in [0.25, 0.3) is 0 Å². The first kappa shape index (κ1) is 7.92. The van der Waals surface area contributed by atoms with Crippen LogP contribution in [0.3, 0.4) is 0 Å². The van der Waals surface area contributed by atoms with Crippen LogP contribution in [0.15, 0.2) is 45.9 Å². The molecule has 13 heavy (non-hydrogen) atoms. The van der Waals surface area contributed by atoms with Crippen LogP contribution in [0.5, 0.6) is 0 Å². The lowest BCUT2D eigenvalue weighted by molar-refractivity contribution is 0.471. The van der Waals surface area contributed by atoms with Crippen LogP contribution in [-0.4, -0.2) is 0 Å². The Labute approximate surface area is 76.5 Å². The van der Waals surface area contributed by atoms with E-state index in [1.54, 1.807) is 12.3 Å². The summed E-state index contributed by atoms with van der Waals surface area (Å²) in [6.45, 7) is 3.62. The Hall–Kier alpha value is -1.70. The lowest BCUT2D eigenvalue weighted by atomic mass is 10.3. The smallest absolute Gasteiger partial charge is 0.126 e. The van der Waals surface area contributed by atoms with Gasteiger partial charge in [0.15, 0.2) is 0 Å². The van der Waals surface area contributed by atoms with Gasteiger partial charge in [-0.1, -0.05) is 6.58 Å². The van der Waals surface area contributed by atoms with Gasteiger partial charge in [0.05, 0.1) is 12.7 Å². The van der Waals surface area contributed by atoms with Crippen molar-refractivity contribution in [2.45, 2.75) is 6.42 Å². The average molecular weight is 174 g/mol. The molecule has 2 nitrogen and oxygen atoms in total. The fourth-order valence-corrected chi connectivity index (χ4v) is 1.18. The van der Waals surface area contributed by atoms with Crippen molar-refractivity contribution in [2.24, 2.45) is 0 Å². The van der Waals surface area contributed by atoms with Gasteiger partial charge in [0, 0.05) is 0 Å². The standard InChI is InChI=1S/C11H10O2/c1-2-9-5-6-11(13-9)8-10-4-3-7-12-10/h2-7H,1,8H2. The van der Waals surface area contributed by atoms with Crippen molar-refractivity contribution >= 4 is 6.08 Å². The Bertz CT molecular complexity index is 382. The zero-order chi connectivity index (χ0) is 9.10. The van der Waals surface area contributed by atoms with Gasteiger partial charge in [-0.05, 0) is 30.3 Å². The second-order valence-corrected chi connectivity index (χ2v) is 2.76. The zero-order valence-electron chi connectivity index (χ0n) is 7.19. The largest absolute Gasteiger partial charge is 0.469 e. The monoisotopic (exact) mass is 174 g/mol. The van der Waals surface area contributed by atoms with Crippen LogP contribution in [-0.2, 0) is 6.42 Å². The second kappa shape index (κ2) is 3.35. The molecule has 0 aliphatic heterocycles. The lowest BCUT2D eigenvalue weighted by Crippen LogP contribution is -1.80. The van der Waals surface area contributed by atoms with E-state index < -0.39 is 0 Å².